The Morgan fingerprint density at radius 3 is 2.75 bits per heavy atom. The van der Waals surface area contributed by atoms with Gasteiger partial charge in [-0.3, -0.25) is 4.68 Å². The van der Waals surface area contributed by atoms with Crippen LogP contribution in [0.15, 0.2) is 24.3 Å². The van der Waals surface area contributed by atoms with Crippen LogP contribution in [0.3, 0.4) is 0 Å². The molecular formula is C15H17Cl2FN2. The number of hydrogen-bond donors (Lipinski definition) is 0. The van der Waals surface area contributed by atoms with E-state index in [1.165, 1.54) is 12.1 Å². The molecule has 0 aliphatic heterocycles. The zero-order valence-corrected chi connectivity index (χ0v) is 13.0. The van der Waals surface area contributed by atoms with Gasteiger partial charge in [0.1, 0.15) is 5.82 Å². The third kappa shape index (κ3) is 3.15. The summed E-state index contributed by atoms with van der Waals surface area (Å²) in [7, 11) is 0. The first-order valence-electron chi connectivity index (χ1n) is 6.60. The molecule has 0 aliphatic rings. The molecule has 1 aromatic carbocycles. The fourth-order valence-corrected chi connectivity index (χ4v) is 2.82. The fourth-order valence-electron chi connectivity index (χ4n) is 2.32. The molecule has 0 fully saturated rings. The minimum atomic E-state index is -0.246. The van der Waals surface area contributed by atoms with E-state index in [0.717, 1.165) is 23.5 Å². The molecule has 0 spiro atoms. The van der Waals surface area contributed by atoms with E-state index in [-0.39, 0.29) is 11.7 Å². The van der Waals surface area contributed by atoms with E-state index < -0.39 is 0 Å². The normalized spacial score (nSPS) is 12.7. The van der Waals surface area contributed by atoms with Crippen LogP contribution in [-0.4, -0.2) is 15.7 Å². The Morgan fingerprint density at radius 2 is 2.15 bits per heavy atom. The number of aromatic nitrogens is 2. The monoisotopic (exact) mass is 314 g/mol. The number of halogens is 3. The van der Waals surface area contributed by atoms with Crippen LogP contribution in [0.1, 0.15) is 29.8 Å². The highest BCUT2D eigenvalue weighted by Gasteiger charge is 2.19. The number of aryl methyl sites for hydroxylation is 2. The molecule has 1 aromatic heterocycles. The van der Waals surface area contributed by atoms with Crippen molar-refractivity contribution < 1.29 is 4.39 Å². The smallest absolute Gasteiger partial charge is 0.123 e. The Morgan fingerprint density at radius 1 is 1.40 bits per heavy atom. The summed E-state index contributed by atoms with van der Waals surface area (Å²) in [6, 6.07) is 6.56. The third-order valence-corrected chi connectivity index (χ3v) is 4.26. The number of rotatable bonds is 5. The van der Waals surface area contributed by atoms with E-state index >= 15 is 0 Å². The van der Waals surface area contributed by atoms with Gasteiger partial charge in [-0.25, -0.2) is 4.39 Å². The maximum atomic E-state index is 13.3. The minimum absolute atomic E-state index is 0.0197. The van der Waals surface area contributed by atoms with Gasteiger partial charge in [0.05, 0.1) is 16.4 Å². The third-order valence-electron chi connectivity index (χ3n) is 3.40. The van der Waals surface area contributed by atoms with E-state index in [9.17, 15) is 4.39 Å². The molecule has 20 heavy (non-hydrogen) atoms. The van der Waals surface area contributed by atoms with E-state index in [4.69, 9.17) is 23.2 Å². The Balaban J connectivity index is 2.31. The van der Waals surface area contributed by atoms with Crippen molar-refractivity contribution in [3.8, 4) is 0 Å². The topological polar surface area (TPSA) is 17.8 Å². The second-order valence-corrected chi connectivity index (χ2v) is 5.46. The maximum absolute atomic E-state index is 13.3. The Labute approximate surface area is 128 Å². The van der Waals surface area contributed by atoms with Crippen molar-refractivity contribution in [2.75, 3.05) is 5.88 Å². The van der Waals surface area contributed by atoms with Crippen molar-refractivity contribution in [1.29, 1.82) is 0 Å². The molecule has 1 atom stereocenters. The van der Waals surface area contributed by atoms with Crippen molar-refractivity contribution in [2.45, 2.75) is 32.7 Å². The summed E-state index contributed by atoms with van der Waals surface area (Å²) in [6.07, 6.45) is 0.653. The lowest BCUT2D eigenvalue weighted by molar-refractivity contribution is 0.591. The molecule has 0 saturated carbocycles. The Hall–Kier alpha value is -1.06. The average Bonchev–Trinajstić information content (AvgIpc) is 2.71. The van der Waals surface area contributed by atoms with Crippen LogP contribution in [0, 0.1) is 12.7 Å². The summed E-state index contributed by atoms with van der Waals surface area (Å²) in [5, 5.41) is 5.07. The highest BCUT2D eigenvalue weighted by molar-refractivity contribution is 6.31. The second kappa shape index (κ2) is 6.59. The molecule has 2 aromatic rings. The van der Waals surface area contributed by atoms with Crippen molar-refractivity contribution in [2.24, 2.45) is 0 Å². The van der Waals surface area contributed by atoms with Gasteiger partial charge in [0.15, 0.2) is 0 Å². The highest BCUT2D eigenvalue weighted by atomic mass is 35.5. The first-order valence-corrected chi connectivity index (χ1v) is 7.51. The number of alkyl halides is 1. The summed E-state index contributed by atoms with van der Waals surface area (Å²) in [4.78, 5) is 0. The lowest BCUT2D eigenvalue weighted by Crippen LogP contribution is -2.10. The fraction of sp³-hybridized carbons (Fsp3) is 0.400. The summed E-state index contributed by atoms with van der Waals surface area (Å²) in [5.41, 5.74) is 2.66. The Kier molecular flexibility index (Phi) is 5.06. The molecule has 0 saturated heterocycles. The van der Waals surface area contributed by atoms with Gasteiger partial charge in [-0.15, -0.1) is 11.6 Å². The van der Waals surface area contributed by atoms with Gasteiger partial charge in [-0.05, 0) is 38.0 Å². The highest BCUT2D eigenvalue weighted by Crippen LogP contribution is 2.28. The molecule has 0 amide bonds. The molecule has 2 nitrogen and oxygen atoms in total. The van der Waals surface area contributed by atoms with Gasteiger partial charge >= 0.3 is 0 Å². The standard InChI is InChI=1S/C15H17Cl2FN2/c1-3-20-14(15(17)10(2)19-20)8-12(9-16)11-5-4-6-13(18)7-11/h4-7,12H,3,8-9H2,1-2H3. The van der Waals surface area contributed by atoms with Crippen molar-refractivity contribution in [3.05, 3.63) is 52.1 Å². The summed E-state index contributed by atoms with van der Waals surface area (Å²) in [5.74, 6) is 0.184. The van der Waals surface area contributed by atoms with Crippen LogP contribution in [-0.2, 0) is 13.0 Å². The van der Waals surface area contributed by atoms with Gasteiger partial charge in [0.25, 0.3) is 0 Å². The van der Waals surface area contributed by atoms with Crippen molar-refractivity contribution >= 4 is 23.2 Å². The van der Waals surface area contributed by atoms with Crippen LogP contribution in [0.2, 0.25) is 5.02 Å². The molecule has 1 unspecified atom stereocenters. The van der Waals surface area contributed by atoms with Crippen LogP contribution >= 0.6 is 23.2 Å². The van der Waals surface area contributed by atoms with E-state index in [0.29, 0.717) is 17.3 Å². The van der Waals surface area contributed by atoms with Crippen LogP contribution in [0.4, 0.5) is 4.39 Å². The number of hydrogen-bond acceptors (Lipinski definition) is 1. The maximum Gasteiger partial charge on any atom is 0.123 e. The molecule has 0 bridgehead atoms. The lowest BCUT2D eigenvalue weighted by Gasteiger charge is -2.15. The minimum Gasteiger partial charge on any atom is -0.268 e. The van der Waals surface area contributed by atoms with Crippen LogP contribution < -0.4 is 0 Å². The van der Waals surface area contributed by atoms with Crippen LogP contribution in [0.25, 0.3) is 0 Å². The predicted molar refractivity (Wildman–Crippen MR) is 81.2 cm³/mol. The van der Waals surface area contributed by atoms with Crippen molar-refractivity contribution in [3.63, 3.8) is 0 Å². The number of nitrogens with zero attached hydrogens (tertiary/aromatic N) is 2. The van der Waals surface area contributed by atoms with Crippen molar-refractivity contribution in [1.82, 2.24) is 9.78 Å². The molecule has 0 N–H and O–H groups in total. The largest absolute Gasteiger partial charge is 0.268 e. The van der Waals surface area contributed by atoms with E-state index in [1.54, 1.807) is 6.07 Å². The van der Waals surface area contributed by atoms with Gasteiger partial charge in [-0.2, -0.15) is 5.10 Å². The molecule has 108 valence electrons. The molecule has 0 radical (unpaired) electrons. The van der Waals surface area contributed by atoms with E-state index in [2.05, 4.69) is 5.10 Å². The summed E-state index contributed by atoms with van der Waals surface area (Å²) in [6.45, 7) is 4.65. The first-order chi connectivity index (χ1) is 9.56. The molecule has 2 rings (SSSR count). The van der Waals surface area contributed by atoms with Gasteiger partial charge in [0.2, 0.25) is 0 Å². The SMILES string of the molecule is CCn1nc(C)c(Cl)c1CC(CCl)c1cccc(F)c1. The number of benzene rings is 1. The predicted octanol–water partition coefficient (Wildman–Crippen LogP) is 4.57. The molecular weight excluding hydrogens is 298 g/mol. The molecule has 1 heterocycles. The summed E-state index contributed by atoms with van der Waals surface area (Å²) >= 11 is 12.4. The van der Waals surface area contributed by atoms with Gasteiger partial charge in [-0.1, -0.05) is 23.7 Å². The first kappa shape index (κ1) is 15.3. The Bertz CT molecular complexity index is 596. The lowest BCUT2D eigenvalue weighted by atomic mass is 9.95. The van der Waals surface area contributed by atoms with E-state index in [1.807, 2.05) is 24.6 Å². The quantitative estimate of drug-likeness (QED) is 0.739. The zero-order chi connectivity index (χ0) is 14.7. The average molecular weight is 315 g/mol. The molecule has 0 aliphatic carbocycles. The second-order valence-electron chi connectivity index (χ2n) is 4.77. The zero-order valence-electron chi connectivity index (χ0n) is 11.5. The molecule has 5 heteroatoms. The van der Waals surface area contributed by atoms with Gasteiger partial charge < -0.3 is 0 Å². The van der Waals surface area contributed by atoms with Crippen LogP contribution in [0.5, 0.6) is 0 Å². The van der Waals surface area contributed by atoms with Gasteiger partial charge in [0, 0.05) is 18.3 Å². The summed E-state index contributed by atoms with van der Waals surface area (Å²) < 4.78 is 15.2.